The van der Waals surface area contributed by atoms with Crippen LogP contribution in [0.1, 0.15) is 21.7 Å². The molecule has 3 rings (SSSR count). The van der Waals surface area contributed by atoms with Gasteiger partial charge >= 0.3 is 6.18 Å². The number of hydrogen-bond acceptors (Lipinski definition) is 3. The molecule has 8 heteroatoms. The van der Waals surface area contributed by atoms with Crippen molar-refractivity contribution < 1.29 is 18.0 Å². The summed E-state index contributed by atoms with van der Waals surface area (Å²) < 4.78 is 40.4. The Hall–Kier alpha value is -2.48. The first-order valence-corrected chi connectivity index (χ1v) is 9.23. The van der Waals surface area contributed by atoms with Crippen LogP contribution in [0, 0.1) is 13.8 Å². The predicted molar refractivity (Wildman–Crippen MR) is 99.0 cm³/mol. The first-order valence-electron chi connectivity index (χ1n) is 8.24. The van der Waals surface area contributed by atoms with Crippen LogP contribution in [0.25, 0.3) is 11.3 Å². The van der Waals surface area contributed by atoms with E-state index < -0.39 is 12.7 Å². The summed E-state index contributed by atoms with van der Waals surface area (Å²) in [6, 6.07) is 10.5. The molecule has 0 unspecified atom stereocenters. The van der Waals surface area contributed by atoms with E-state index in [1.807, 2.05) is 6.92 Å². The summed E-state index contributed by atoms with van der Waals surface area (Å²) in [6.45, 7) is 2.48. The van der Waals surface area contributed by atoms with Crippen molar-refractivity contribution in [2.75, 3.05) is 5.75 Å². The minimum absolute atomic E-state index is 0.0151. The molecule has 0 aliphatic rings. The number of ketones is 1. The molecule has 0 aliphatic heterocycles. The number of aryl methyl sites for hydroxylation is 2. The number of rotatable bonds is 6. The van der Waals surface area contributed by atoms with E-state index >= 15 is 0 Å². The van der Waals surface area contributed by atoms with E-state index in [-0.39, 0.29) is 16.7 Å². The van der Waals surface area contributed by atoms with Gasteiger partial charge in [-0.15, -0.1) is 0 Å². The number of carbonyl (C=O) groups is 1. The molecule has 1 N–H and O–H groups in total. The molecule has 142 valence electrons. The van der Waals surface area contributed by atoms with Crippen LogP contribution in [-0.4, -0.2) is 32.2 Å². The van der Waals surface area contributed by atoms with Crippen LogP contribution >= 0.6 is 11.8 Å². The molecule has 1 aromatic carbocycles. The van der Waals surface area contributed by atoms with Crippen molar-refractivity contribution in [1.82, 2.24) is 14.5 Å². The summed E-state index contributed by atoms with van der Waals surface area (Å²) in [5, 5.41) is 0.171. The van der Waals surface area contributed by atoms with E-state index in [1.165, 1.54) is 6.20 Å². The average Bonchev–Trinajstić information content (AvgIpc) is 3.14. The van der Waals surface area contributed by atoms with E-state index in [4.69, 9.17) is 0 Å². The largest absolute Gasteiger partial charge is 0.406 e. The Morgan fingerprint density at radius 2 is 1.93 bits per heavy atom. The van der Waals surface area contributed by atoms with Gasteiger partial charge in [0.2, 0.25) is 0 Å². The molecule has 0 saturated carbocycles. The number of nitrogens with zero attached hydrogens (tertiary/aromatic N) is 2. The molecule has 2 heterocycles. The fourth-order valence-electron chi connectivity index (χ4n) is 2.87. The summed E-state index contributed by atoms with van der Waals surface area (Å²) in [5.41, 5.74) is 3.19. The van der Waals surface area contributed by atoms with Gasteiger partial charge in [0.15, 0.2) is 10.9 Å². The highest BCUT2D eigenvalue weighted by Crippen LogP contribution is 2.30. The number of Topliss-reactive ketones (excluding diaryl/α,β-unsaturated/α-hetero) is 1. The van der Waals surface area contributed by atoms with Gasteiger partial charge < -0.3 is 9.55 Å². The first-order chi connectivity index (χ1) is 12.7. The van der Waals surface area contributed by atoms with E-state index in [0.717, 1.165) is 27.7 Å². The highest BCUT2D eigenvalue weighted by Gasteiger charge is 2.31. The van der Waals surface area contributed by atoms with Crippen LogP contribution in [0.3, 0.4) is 0 Å². The van der Waals surface area contributed by atoms with Crippen LogP contribution in [0.5, 0.6) is 0 Å². The highest BCUT2D eigenvalue weighted by atomic mass is 32.2. The van der Waals surface area contributed by atoms with Crippen molar-refractivity contribution in [1.29, 1.82) is 0 Å². The molecule has 0 aliphatic carbocycles. The maximum atomic E-state index is 13.1. The number of imidazole rings is 1. The van der Waals surface area contributed by atoms with Gasteiger partial charge in [0, 0.05) is 17.0 Å². The lowest BCUT2D eigenvalue weighted by Crippen LogP contribution is -2.19. The van der Waals surface area contributed by atoms with Gasteiger partial charge in [-0.1, -0.05) is 42.1 Å². The minimum atomic E-state index is -4.39. The normalized spacial score (nSPS) is 11.7. The number of hydrogen-bond donors (Lipinski definition) is 1. The highest BCUT2D eigenvalue weighted by molar-refractivity contribution is 7.99. The molecule has 0 fully saturated rings. The van der Waals surface area contributed by atoms with Gasteiger partial charge in [0.05, 0.1) is 17.6 Å². The number of aromatic nitrogens is 3. The van der Waals surface area contributed by atoms with Gasteiger partial charge in [-0.3, -0.25) is 4.79 Å². The standard InChI is InChI=1S/C19H18F3N3OS/c1-12-8-15(13(2)24-12)17(26)10-27-18-23-9-16(14-6-4-3-5-7-14)25(18)11-19(20,21)22/h3-9,24H,10-11H2,1-2H3. The molecule has 27 heavy (non-hydrogen) atoms. The Morgan fingerprint density at radius 1 is 1.22 bits per heavy atom. The third-order valence-corrected chi connectivity index (χ3v) is 5.00. The minimum Gasteiger partial charge on any atom is -0.362 e. The van der Waals surface area contributed by atoms with Crippen LogP contribution in [0.2, 0.25) is 0 Å². The summed E-state index contributed by atoms with van der Waals surface area (Å²) in [7, 11) is 0. The molecule has 0 spiro atoms. The molecular formula is C19H18F3N3OS. The quantitative estimate of drug-likeness (QED) is 0.472. The Balaban J connectivity index is 1.85. The van der Waals surface area contributed by atoms with Crippen molar-refractivity contribution in [2.45, 2.75) is 31.7 Å². The third-order valence-electron chi connectivity index (χ3n) is 4.01. The van der Waals surface area contributed by atoms with Gasteiger partial charge in [-0.05, 0) is 25.5 Å². The second-order valence-corrected chi connectivity index (χ2v) is 7.14. The van der Waals surface area contributed by atoms with Crippen molar-refractivity contribution in [3.05, 3.63) is 59.5 Å². The number of aromatic amines is 1. The van der Waals surface area contributed by atoms with Crippen LogP contribution < -0.4 is 0 Å². The second-order valence-electron chi connectivity index (χ2n) is 6.20. The van der Waals surface area contributed by atoms with Gasteiger partial charge in [-0.25, -0.2) is 4.98 Å². The van der Waals surface area contributed by atoms with E-state index in [0.29, 0.717) is 16.8 Å². The fourth-order valence-corrected chi connectivity index (χ4v) is 3.73. The number of thioether (sulfide) groups is 1. The van der Waals surface area contributed by atoms with Crippen LogP contribution in [0.4, 0.5) is 13.2 Å². The molecular weight excluding hydrogens is 375 g/mol. The number of carbonyl (C=O) groups excluding carboxylic acids is 1. The second kappa shape index (κ2) is 7.64. The molecule has 0 amide bonds. The molecule has 2 aromatic heterocycles. The third kappa shape index (κ3) is 4.63. The van der Waals surface area contributed by atoms with Gasteiger partial charge in [0.1, 0.15) is 6.54 Å². The lowest BCUT2D eigenvalue weighted by atomic mass is 10.2. The lowest BCUT2D eigenvalue weighted by Gasteiger charge is -2.14. The molecule has 0 atom stereocenters. The smallest absolute Gasteiger partial charge is 0.362 e. The van der Waals surface area contributed by atoms with E-state index in [9.17, 15) is 18.0 Å². The van der Waals surface area contributed by atoms with Crippen LogP contribution in [0.15, 0.2) is 47.8 Å². The molecule has 4 nitrogen and oxygen atoms in total. The van der Waals surface area contributed by atoms with Crippen molar-refractivity contribution in [2.24, 2.45) is 0 Å². The van der Waals surface area contributed by atoms with Gasteiger partial charge in [0.25, 0.3) is 0 Å². The number of benzene rings is 1. The van der Waals surface area contributed by atoms with Crippen molar-refractivity contribution in [3.63, 3.8) is 0 Å². The Kier molecular flexibility index (Phi) is 5.46. The fraction of sp³-hybridized carbons (Fsp3) is 0.263. The topological polar surface area (TPSA) is 50.7 Å². The van der Waals surface area contributed by atoms with E-state index in [1.54, 1.807) is 43.3 Å². The zero-order chi connectivity index (χ0) is 19.6. The zero-order valence-electron chi connectivity index (χ0n) is 14.8. The maximum absolute atomic E-state index is 13.1. The number of halogens is 3. The van der Waals surface area contributed by atoms with E-state index in [2.05, 4.69) is 9.97 Å². The first kappa shape index (κ1) is 19.3. The monoisotopic (exact) mass is 393 g/mol. The average molecular weight is 393 g/mol. The number of H-pyrrole nitrogens is 1. The van der Waals surface area contributed by atoms with Gasteiger partial charge in [-0.2, -0.15) is 13.2 Å². The Labute approximate surface area is 158 Å². The zero-order valence-corrected chi connectivity index (χ0v) is 15.6. The number of alkyl halides is 3. The number of nitrogens with one attached hydrogen (secondary N) is 1. The molecule has 0 saturated heterocycles. The summed E-state index contributed by atoms with van der Waals surface area (Å²) in [5.74, 6) is -0.133. The predicted octanol–water partition coefficient (Wildman–Crippen LogP) is 5.03. The SMILES string of the molecule is Cc1cc(C(=O)CSc2ncc(-c3ccccc3)n2CC(F)(F)F)c(C)[nH]1. The van der Waals surface area contributed by atoms with Crippen molar-refractivity contribution >= 4 is 17.5 Å². The Bertz CT molecular complexity index is 945. The molecule has 3 aromatic rings. The molecule has 0 bridgehead atoms. The summed E-state index contributed by atoms with van der Waals surface area (Å²) in [4.78, 5) is 19.6. The van der Waals surface area contributed by atoms with Crippen LogP contribution in [-0.2, 0) is 6.54 Å². The van der Waals surface area contributed by atoms with Crippen molar-refractivity contribution in [3.8, 4) is 11.3 Å². The summed E-state index contributed by atoms with van der Waals surface area (Å²) in [6.07, 6.45) is -2.97. The summed E-state index contributed by atoms with van der Waals surface area (Å²) >= 11 is 1.01. The molecule has 0 radical (unpaired) electrons. The Morgan fingerprint density at radius 3 is 2.52 bits per heavy atom. The lowest BCUT2D eigenvalue weighted by molar-refractivity contribution is -0.141. The maximum Gasteiger partial charge on any atom is 0.406 e.